The maximum atomic E-state index is 14.1. The van der Waals surface area contributed by atoms with E-state index >= 15 is 0 Å². The van der Waals surface area contributed by atoms with Gasteiger partial charge < -0.3 is 9.64 Å². The summed E-state index contributed by atoms with van der Waals surface area (Å²) in [5, 5.41) is 4.20. The highest BCUT2D eigenvalue weighted by Gasteiger charge is 2.48. The van der Waals surface area contributed by atoms with Gasteiger partial charge >= 0.3 is 5.97 Å². The number of aryl methyl sites for hydroxylation is 1. The van der Waals surface area contributed by atoms with Gasteiger partial charge in [0.15, 0.2) is 11.6 Å². The highest BCUT2D eigenvalue weighted by Crippen LogP contribution is 2.43. The average molecular weight is 398 g/mol. The van der Waals surface area contributed by atoms with E-state index in [1.54, 1.807) is 7.05 Å². The molecule has 7 nitrogen and oxygen atoms in total. The summed E-state index contributed by atoms with van der Waals surface area (Å²) in [5.74, 6) is -3.17. The van der Waals surface area contributed by atoms with Crippen molar-refractivity contribution in [1.82, 2.24) is 14.8 Å². The third-order valence-electron chi connectivity index (χ3n) is 4.80. The normalized spacial score (nSPS) is 18.5. The lowest BCUT2D eigenvalue weighted by Crippen LogP contribution is -2.50. The van der Waals surface area contributed by atoms with Gasteiger partial charge in [0.2, 0.25) is 0 Å². The molecule has 0 amide bonds. The van der Waals surface area contributed by atoms with Crippen LogP contribution in [0.5, 0.6) is 0 Å². The van der Waals surface area contributed by atoms with Gasteiger partial charge in [-0.2, -0.15) is 5.10 Å². The van der Waals surface area contributed by atoms with Gasteiger partial charge in [-0.1, -0.05) is 0 Å². The number of hydrogen-bond donors (Lipinski definition) is 0. The standard InChI is InChI=1S/C20H16F2N4O3/c1-25-10-23-19(24-25)16-17(20(28)29-2)26(13-6-3-11(21)4-7-13)15-9-12(22)5-8-14(15)18(16)27/h3-10,16-17H,1-2H3/t16-,17+/m1/s1. The topological polar surface area (TPSA) is 77.3 Å². The van der Waals surface area contributed by atoms with Crippen molar-refractivity contribution in [1.29, 1.82) is 0 Å². The Morgan fingerprint density at radius 3 is 2.41 bits per heavy atom. The summed E-state index contributed by atoms with van der Waals surface area (Å²) in [7, 11) is 2.83. The van der Waals surface area contributed by atoms with Crippen molar-refractivity contribution in [2.75, 3.05) is 12.0 Å². The Hall–Kier alpha value is -3.62. The molecule has 0 spiro atoms. The van der Waals surface area contributed by atoms with E-state index in [2.05, 4.69) is 10.1 Å². The lowest BCUT2D eigenvalue weighted by atomic mass is 9.83. The number of aromatic nitrogens is 3. The molecule has 9 heteroatoms. The molecule has 0 unspecified atom stereocenters. The minimum atomic E-state index is -1.20. The van der Waals surface area contributed by atoms with Crippen LogP contribution in [0.3, 0.4) is 0 Å². The summed E-state index contributed by atoms with van der Waals surface area (Å²) in [5.41, 5.74) is 0.777. The Balaban J connectivity index is 1.99. The lowest BCUT2D eigenvalue weighted by Gasteiger charge is -2.40. The second-order valence-corrected chi connectivity index (χ2v) is 6.59. The predicted molar refractivity (Wildman–Crippen MR) is 98.8 cm³/mol. The third-order valence-corrected chi connectivity index (χ3v) is 4.80. The Morgan fingerprint density at radius 1 is 1.10 bits per heavy atom. The molecule has 2 atom stereocenters. The SMILES string of the molecule is COC(=O)[C@@H]1[C@@H](c2ncn(C)n2)C(=O)c2ccc(F)cc2N1c1ccc(F)cc1. The maximum absolute atomic E-state index is 14.1. The fourth-order valence-corrected chi connectivity index (χ4v) is 3.54. The van der Waals surface area contributed by atoms with Gasteiger partial charge in [-0.15, -0.1) is 0 Å². The molecule has 0 N–H and O–H groups in total. The number of rotatable bonds is 3. The van der Waals surface area contributed by atoms with Crippen LogP contribution in [0.25, 0.3) is 0 Å². The van der Waals surface area contributed by atoms with Gasteiger partial charge in [0.25, 0.3) is 0 Å². The Bertz CT molecular complexity index is 1100. The number of halogens is 2. The van der Waals surface area contributed by atoms with Crippen molar-refractivity contribution in [3.05, 3.63) is 71.8 Å². The molecule has 1 aliphatic heterocycles. The van der Waals surface area contributed by atoms with Crippen LogP contribution in [-0.2, 0) is 16.6 Å². The number of benzene rings is 2. The van der Waals surface area contributed by atoms with E-state index in [0.717, 1.165) is 6.07 Å². The molecule has 0 bridgehead atoms. The van der Waals surface area contributed by atoms with Crippen LogP contribution in [0.4, 0.5) is 20.2 Å². The second-order valence-electron chi connectivity index (χ2n) is 6.59. The zero-order valence-corrected chi connectivity index (χ0v) is 15.5. The number of Topliss-reactive ketones (excluding diaryl/α,β-unsaturated/α-hetero) is 1. The van der Waals surface area contributed by atoms with Gasteiger partial charge in [0.1, 0.15) is 29.9 Å². The van der Waals surface area contributed by atoms with E-state index in [1.807, 2.05) is 0 Å². The number of carbonyl (C=O) groups excluding carboxylic acids is 2. The first-order chi connectivity index (χ1) is 13.9. The average Bonchev–Trinajstić information content (AvgIpc) is 3.13. The quantitative estimate of drug-likeness (QED) is 0.632. The molecule has 3 aromatic rings. The van der Waals surface area contributed by atoms with Gasteiger partial charge in [0.05, 0.1) is 12.8 Å². The van der Waals surface area contributed by atoms with E-state index in [0.29, 0.717) is 5.69 Å². The molecule has 2 aromatic carbocycles. The monoisotopic (exact) mass is 398 g/mol. The van der Waals surface area contributed by atoms with Gasteiger partial charge in [-0.05, 0) is 42.5 Å². The Morgan fingerprint density at radius 2 is 1.79 bits per heavy atom. The first-order valence-corrected chi connectivity index (χ1v) is 8.72. The number of ether oxygens (including phenoxy) is 1. The highest BCUT2D eigenvalue weighted by atomic mass is 19.1. The Kier molecular flexibility index (Phi) is 4.57. The summed E-state index contributed by atoms with van der Waals surface area (Å²) in [6.45, 7) is 0. The minimum absolute atomic E-state index is 0.134. The number of methoxy groups -OCH3 is 1. The van der Waals surface area contributed by atoms with Crippen LogP contribution < -0.4 is 4.90 Å². The molecular formula is C20H16F2N4O3. The zero-order chi connectivity index (χ0) is 20.7. The molecule has 1 aliphatic rings. The fourth-order valence-electron chi connectivity index (χ4n) is 3.54. The molecule has 4 rings (SSSR count). The molecule has 29 heavy (non-hydrogen) atoms. The number of hydrogen-bond acceptors (Lipinski definition) is 6. The molecule has 0 radical (unpaired) electrons. The van der Waals surface area contributed by atoms with Crippen molar-refractivity contribution < 1.29 is 23.1 Å². The van der Waals surface area contributed by atoms with Crippen LogP contribution >= 0.6 is 0 Å². The van der Waals surface area contributed by atoms with Crippen molar-refractivity contribution in [2.45, 2.75) is 12.0 Å². The second kappa shape index (κ2) is 7.08. The number of esters is 1. The lowest BCUT2D eigenvalue weighted by molar-refractivity contribution is -0.142. The maximum Gasteiger partial charge on any atom is 0.330 e. The molecule has 148 valence electrons. The van der Waals surface area contributed by atoms with E-state index in [1.165, 1.54) is 59.4 Å². The van der Waals surface area contributed by atoms with E-state index in [-0.39, 0.29) is 17.1 Å². The summed E-state index contributed by atoms with van der Waals surface area (Å²) in [6, 6.07) is 7.80. The van der Waals surface area contributed by atoms with Crippen molar-refractivity contribution in [3.63, 3.8) is 0 Å². The molecular weight excluding hydrogens is 382 g/mol. The summed E-state index contributed by atoms with van der Waals surface area (Å²) in [4.78, 5) is 31.7. The molecule has 1 aromatic heterocycles. The predicted octanol–water partition coefficient (Wildman–Crippen LogP) is 2.75. The highest BCUT2D eigenvalue weighted by molar-refractivity contribution is 6.12. The summed E-state index contributed by atoms with van der Waals surface area (Å²) < 4.78 is 33.9. The number of ketones is 1. The van der Waals surface area contributed by atoms with Crippen LogP contribution in [0, 0.1) is 11.6 Å². The molecule has 0 fully saturated rings. The third kappa shape index (κ3) is 3.14. The van der Waals surface area contributed by atoms with Crippen LogP contribution in [0.2, 0.25) is 0 Å². The first kappa shape index (κ1) is 18.7. The first-order valence-electron chi connectivity index (χ1n) is 8.72. The van der Waals surface area contributed by atoms with Crippen molar-refractivity contribution >= 4 is 23.1 Å². The van der Waals surface area contributed by atoms with E-state index < -0.39 is 35.3 Å². The number of fused-ring (bicyclic) bond motifs is 1. The van der Waals surface area contributed by atoms with E-state index in [4.69, 9.17) is 4.74 Å². The van der Waals surface area contributed by atoms with Crippen molar-refractivity contribution in [3.8, 4) is 0 Å². The van der Waals surface area contributed by atoms with Crippen LogP contribution in [-0.4, -0.2) is 39.7 Å². The zero-order valence-electron chi connectivity index (χ0n) is 15.5. The van der Waals surface area contributed by atoms with Crippen molar-refractivity contribution in [2.24, 2.45) is 7.05 Å². The van der Waals surface area contributed by atoms with Gasteiger partial charge in [0, 0.05) is 18.3 Å². The number of carbonyl (C=O) groups is 2. The molecule has 2 heterocycles. The largest absolute Gasteiger partial charge is 0.467 e. The molecule has 0 saturated carbocycles. The van der Waals surface area contributed by atoms with Crippen LogP contribution in [0.15, 0.2) is 48.8 Å². The number of nitrogens with zero attached hydrogens (tertiary/aromatic N) is 4. The molecule has 0 saturated heterocycles. The molecule has 0 aliphatic carbocycles. The smallest absolute Gasteiger partial charge is 0.330 e. The summed E-state index contributed by atoms with van der Waals surface area (Å²) >= 11 is 0. The van der Waals surface area contributed by atoms with Gasteiger partial charge in [-0.25, -0.2) is 18.6 Å². The van der Waals surface area contributed by atoms with Gasteiger partial charge in [-0.3, -0.25) is 9.48 Å². The number of anilines is 2. The minimum Gasteiger partial charge on any atom is -0.467 e. The summed E-state index contributed by atoms with van der Waals surface area (Å²) in [6.07, 6.45) is 1.42. The fraction of sp³-hybridized carbons (Fsp3) is 0.200. The van der Waals surface area contributed by atoms with E-state index in [9.17, 15) is 18.4 Å². The Labute approximate surface area is 164 Å². The van der Waals surface area contributed by atoms with Crippen LogP contribution in [0.1, 0.15) is 22.1 Å².